The Bertz CT molecular complexity index is 164. The predicted molar refractivity (Wildman–Crippen MR) is 41.0 cm³/mol. The fourth-order valence-electron chi connectivity index (χ4n) is 0.521. The summed E-state index contributed by atoms with van der Waals surface area (Å²) in [6.45, 7) is 3.80. The van der Waals surface area contributed by atoms with Crippen molar-refractivity contribution in [1.82, 2.24) is 0 Å². The van der Waals surface area contributed by atoms with Gasteiger partial charge in [0.1, 0.15) is 0 Å². The van der Waals surface area contributed by atoms with Crippen LogP contribution in [0.25, 0.3) is 0 Å². The first kappa shape index (κ1) is 9.89. The molecule has 3 nitrogen and oxygen atoms in total. The minimum Gasteiger partial charge on any atom is -0.324 e. The van der Waals surface area contributed by atoms with E-state index in [0.717, 1.165) is 5.57 Å². The van der Waals surface area contributed by atoms with E-state index < -0.39 is 7.60 Å². The van der Waals surface area contributed by atoms with Gasteiger partial charge in [-0.25, -0.2) is 0 Å². The molecule has 0 aliphatic carbocycles. The molecule has 0 saturated heterocycles. The van der Waals surface area contributed by atoms with Gasteiger partial charge in [0.05, 0.1) is 6.16 Å². The highest BCUT2D eigenvalue weighted by Gasteiger charge is 2.09. The first-order valence-corrected chi connectivity index (χ1v) is 4.89. The van der Waals surface area contributed by atoms with E-state index in [-0.39, 0.29) is 6.16 Å². The molecule has 0 spiro atoms. The fraction of sp³-hybridized carbons (Fsp3) is 0.667. The summed E-state index contributed by atoms with van der Waals surface area (Å²) in [5.74, 6) is 0. The van der Waals surface area contributed by atoms with Crippen molar-refractivity contribution in [3.63, 3.8) is 0 Å². The van der Waals surface area contributed by atoms with Crippen molar-refractivity contribution in [2.45, 2.75) is 20.3 Å². The lowest BCUT2D eigenvalue weighted by molar-refractivity contribution is 0.373. The number of hydrogen-bond acceptors (Lipinski definition) is 1. The van der Waals surface area contributed by atoms with Crippen molar-refractivity contribution in [1.29, 1.82) is 0 Å². The minimum absolute atomic E-state index is 0.0435. The van der Waals surface area contributed by atoms with E-state index in [4.69, 9.17) is 9.79 Å². The molecule has 0 aromatic carbocycles. The molecule has 0 heterocycles. The highest BCUT2D eigenvalue weighted by atomic mass is 31.2. The first-order valence-electron chi connectivity index (χ1n) is 3.10. The topological polar surface area (TPSA) is 57.5 Å². The van der Waals surface area contributed by atoms with Gasteiger partial charge in [0, 0.05) is 0 Å². The Kier molecular flexibility index (Phi) is 3.87. The van der Waals surface area contributed by atoms with Gasteiger partial charge in [-0.15, -0.1) is 0 Å². The van der Waals surface area contributed by atoms with Gasteiger partial charge >= 0.3 is 7.60 Å². The number of allylic oxidation sites excluding steroid dienone is 2. The maximum Gasteiger partial charge on any atom is 0.325 e. The van der Waals surface area contributed by atoms with Gasteiger partial charge in [-0.05, 0) is 20.3 Å². The molecule has 4 heteroatoms. The molecule has 0 aliphatic rings. The summed E-state index contributed by atoms with van der Waals surface area (Å²) in [5.41, 5.74) is 1.09. The Hall–Kier alpha value is -0.110. The minimum atomic E-state index is -3.77. The lowest BCUT2D eigenvalue weighted by Gasteiger charge is -1.99. The first-order chi connectivity index (χ1) is 4.42. The second-order valence-electron chi connectivity index (χ2n) is 2.46. The monoisotopic (exact) mass is 164 g/mol. The zero-order valence-electron chi connectivity index (χ0n) is 6.24. The third kappa shape index (κ3) is 7.89. The van der Waals surface area contributed by atoms with Crippen LogP contribution in [0, 0.1) is 0 Å². The standard InChI is InChI=1S/C6H13O3P/c1-6(2)4-3-5-10(7,8)9/h4H,3,5H2,1-2H3,(H2,7,8,9). The summed E-state index contributed by atoms with van der Waals surface area (Å²) in [5, 5.41) is 0. The lowest BCUT2D eigenvalue weighted by Crippen LogP contribution is -1.84. The quantitative estimate of drug-likeness (QED) is 0.491. The van der Waals surface area contributed by atoms with Crippen LogP contribution in [0.2, 0.25) is 0 Å². The van der Waals surface area contributed by atoms with Crippen LogP contribution in [0.3, 0.4) is 0 Å². The predicted octanol–water partition coefficient (Wildman–Crippen LogP) is 1.52. The molecule has 0 aromatic rings. The molecule has 60 valence electrons. The molecular weight excluding hydrogens is 151 g/mol. The molecule has 2 N–H and O–H groups in total. The van der Waals surface area contributed by atoms with E-state index in [1.165, 1.54) is 0 Å². The van der Waals surface area contributed by atoms with Gasteiger partial charge in [-0.3, -0.25) is 4.57 Å². The Morgan fingerprint density at radius 1 is 1.50 bits per heavy atom. The highest BCUT2D eigenvalue weighted by molar-refractivity contribution is 7.51. The Morgan fingerprint density at radius 3 is 2.30 bits per heavy atom. The van der Waals surface area contributed by atoms with E-state index in [1.807, 2.05) is 19.9 Å². The van der Waals surface area contributed by atoms with Gasteiger partial charge in [0.15, 0.2) is 0 Å². The van der Waals surface area contributed by atoms with Gasteiger partial charge in [-0.1, -0.05) is 11.6 Å². The molecule has 0 saturated carbocycles. The van der Waals surface area contributed by atoms with E-state index in [2.05, 4.69) is 0 Å². The van der Waals surface area contributed by atoms with Crippen LogP contribution in [0.15, 0.2) is 11.6 Å². The van der Waals surface area contributed by atoms with Crippen molar-refractivity contribution in [3.05, 3.63) is 11.6 Å². The van der Waals surface area contributed by atoms with Crippen LogP contribution in [-0.2, 0) is 4.57 Å². The van der Waals surface area contributed by atoms with Gasteiger partial charge in [-0.2, -0.15) is 0 Å². The van der Waals surface area contributed by atoms with Crippen LogP contribution in [0.5, 0.6) is 0 Å². The van der Waals surface area contributed by atoms with Crippen LogP contribution >= 0.6 is 7.60 Å². The third-order valence-electron chi connectivity index (χ3n) is 0.973. The summed E-state index contributed by atoms with van der Waals surface area (Å²) in [4.78, 5) is 16.8. The zero-order chi connectivity index (χ0) is 8.20. The summed E-state index contributed by atoms with van der Waals surface area (Å²) in [6, 6.07) is 0. The maximum atomic E-state index is 10.3. The molecule has 0 amide bonds. The molecular formula is C6H13O3P. The summed E-state index contributed by atoms with van der Waals surface area (Å²) >= 11 is 0. The molecule has 0 radical (unpaired) electrons. The Balaban J connectivity index is 3.58. The summed E-state index contributed by atoms with van der Waals surface area (Å²) < 4.78 is 10.3. The largest absolute Gasteiger partial charge is 0.325 e. The summed E-state index contributed by atoms with van der Waals surface area (Å²) in [7, 11) is -3.77. The normalized spacial score (nSPS) is 11.2. The van der Waals surface area contributed by atoms with Gasteiger partial charge < -0.3 is 9.79 Å². The molecule has 0 unspecified atom stereocenters. The number of hydrogen-bond donors (Lipinski definition) is 2. The highest BCUT2D eigenvalue weighted by Crippen LogP contribution is 2.34. The molecule has 0 aliphatic heterocycles. The van der Waals surface area contributed by atoms with Crippen molar-refractivity contribution >= 4 is 7.60 Å². The van der Waals surface area contributed by atoms with Crippen LogP contribution < -0.4 is 0 Å². The second kappa shape index (κ2) is 3.91. The Morgan fingerprint density at radius 2 is 2.00 bits per heavy atom. The van der Waals surface area contributed by atoms with Crippen LogP contribution in [0.4, 0.5) is 0 Å². The van der Waals surface area contributed by atoms with Crippen molar-refractivity contribution in [3.8, 4) is 0 Å². The third-order valence-corrected chi connectivity index (χ3v) is 1.81. The SMILES string of the molecule is CC(C)=CCCP(=O)(O)O. The smallest absolute Gasteiger partial charge is 0.324 e. The number of rotatable bonds is 3. The molecule has 0 atom stereocenters. The van der Waals surface area contributed by atoms with E-state index in [1.54, 1.807) is 0 Å². The van der Waals surface area contributed by atoms with Gasteiger partial charge in [0.25, 0.3) is 0 Å². The maximum absolute atomic E-state index is 10.3. The molecule has 10 heavy (non-hydrogen) atoms. The van der Waals surface area contributed by atoms with Gasteiger partial charge in [0.2, 0.25) is 0 Å². The molecule has 0 rings (SSSR count). The van der Waals surface area contributed by atoms with Crippen LogP contribution in [0.1, 0.15) is 20.3 Å². The second-order valence-corrected chi connectivity index (χ2v) is 4.24. The van der Waals surface area contributed by atoms with E-state index >= 15 is 0 Å². The van der Waals surface area contributed by atoms with Crippen molar-refractivity contribution in [2.75, 3.05) is 6.16 Å². The fourth-order valence-corrected chi connectivity index (χ4v) is 0.987. The van der Waals surface area contributed by atoms with Crippen molar-refractivity contribution in [2.24, 2.45) is 0 Å². The van der Waals surface area contributed by atoms with E-state index in [0.29, 0.717) is 6.42 Å². The lowest BCUT2D eigenvalue weighted by atomic mass is 10.3. The van der Waals surface area contributed by atoms with Crippen LogP contribution in [-0.4, -0.2) is 15.9 Å². The van der Waals surface area contributed by atoms with Crippen molar-refractivity contribution < 1.29 is 14.4 Å². The molecule has 0 aromatic heterocycles. The molecule has 0 fully saturated rings. The average molecular weight is 164 g/mol. The average Bonchev–Trinajstić information content (AvgIpc) is 1.59. The van der Waals surface area contributed by atoms with E-state index in [9.17, 15) is 4.57 Å². The molecule has 0 bridgehead atoms. The Labute approximate surface area is 60.9 Å². The zero-order valence-corrected chi connectivity index (χ0v) is 7.14. The summed E-state index contributed by atoms with van der Waals surface area (Å²) in [6.07, 6.45) is 2.24.